The van der Waals surface area contributed by atoms with Crippen molar-refractivity contribution in [2.45, 2.75) is 19.8 Å². The fourth-order valence-corrected chi connectivity index (χ4v) is 3.74. The molecule has 4 rings (SSSR count). The highest BCUT2D eigenvalue weighted by atomic mass is 16.2. The second-order valence-electron chi connectivity index (χ2n) is 7.24. The lowest BCUT2D eigenvalue weighted by Gasteiger charge is -2.23. The summed E-state index contributed by atoms with van der Waals surface area (Å²) >= 11 is 0. The molecule has 1 saturated heterocycles. The van der Waals surface area contributed by atoms with E-state index in [9.17, 15) is 9.59 Å². The summed E-state index contributed by atoms with van der Waals surface area (Å²) in [5.41, 5.74) is 3.24. The number of rotatable bonds is 5. The molecular formula is C23H24N4O2. The summed E-state index contributed by atoms with van der Waals surface area (Å²) in [6.07, 6.45) is 4.12. The molecule has 1 aliphatic rings. The molecule has 1 fully saturated rings. The molecule has 6 heteroatoms. The minimum Gasteiger partial charge on any atom is -0.372 e. The molecule has 0 unspecified atom stereocenters. The zero-order valence-corrected chi connectivity index (χ0v) is 16.5. The standard InChI is InChI=1S/C23H24N4O2/c1-17(28)27(20-11-9-19(10-12-20)26-14-2-3-15-26)16-22(29)25-21-8-4-6-18-7-5-13-24-23(18)21/h4-13H,2-3,14-16H2,1H3,(H,25,29). The lowest BCUT2D eigenvalue weighted by molar-refractivity contribution is -0.120. The van der Waals surface area contributed by atoms with Crippen LogP contribution in [0.1, 0.15) is 19.8 Å². The van der Waals surface area contributed by atoms with Gasteiger partial charge in [0, 0.05) is 43.0 Å². The molecule has 0 radical (unpaired) electrons. The molecule has 0 atom stereocenters. The van der Waals surface area contributed by atoms with Crippen molar-refractivity contribution in [3.63, 3.8) is 0 Å². The number of aromatic nitrogens is 1. The molecule has 1 aliphatic heterocycles. The van der Waals surface area contributed by atoms with Gasteiger partial charge in [0.15, 0.2) is 0 Å². The van der Waals surface area contributed by atoms with Crippen molar-refractivity contribution < 1.29 is 9.59 Å². The van der Waals surface area contributed by atoms with Gasteiger partial charge >= 0.3 is 0 Å². The van der Waals surface area contributed by atoms with Gasteiger partial charge in [0.2, 0.25) is 11.8 Å². The Morgan fingerprint density at radius 1 is 1.03 bits per heavy atom. The number of nitrogens with one attached hydrogen (secondary N) is 1. The van der Waals surface area contributed by atoms with E-state index in [1.54, 1.807) is 6.20 Å². The van der Waals surface area contributed by atoms with Crippen LogP contribution in [0.4, 0.5) is 17.1 Å². The molecule has 1 aromatic heterocycles. The predicted molar refractivity (Wildman–Crippen MR) is 116 cm³/mol. The normalized spacial score (nSPS) is 13.5. The molecule has 2 aromatic carbocycles. The molecule has 2 amide bonds. The first-order valence-corrected chi connectivity index (χ1v) is 9.88. The van der Waals surface area contributed by atoms with Gasteiger partial charge in [-0.2, -0.15) is 0 Å². The number of hydrogen-bond donors (Lipinski definition) is 1. The largest absolute Gasteiger partial charge is 0.372 e. The fraction of sp³-hybridized carbons (Fsp3) is 0.261. The number of amides is 2. The maximum atomic E-state index is 12.7. The number of pyridine rings is 1. The van der Waals surface area contributed by atoms with Crippen molar-refractivity contribution in [1.82, 2.24) is 4.98 Å². The minimum absolute atomic E-state index is 0.0540. The van der Waals surface area contributed by atoms with Crippen molar-refractivity contribution in [3.05, 3.63) is 60.8 Å². The van der Waals surface area contributed by atoms with E-state index in [0.29, 0.717) is 11.4 Å². The second-order valence-corrected chi connectivity index (χ2v) is 7.24. The SMILES string of the molecule is CC(=O)N(CC(=O)Nc1cccc2cccnc12)c1ccc(N2CCCC2)cc1. The molecule has 1 N–H and O–H groups in total. The van der Waals surface area contributed by atoms with Gasteiger partial charge in [-0.1, -0.05) is 18.2 Å². The Labute approximate surface area is 170 Å². The highest BCUT2D eigenvalue weighted by Gasteiger charge is 2.18. The zero-order valence-electron chi connectivity index (χ0n) is 16.5. The Morgan fingerprint density at radius 3 is 2.48 bits per heavy atom. The molecule has 3 aromatic rings. The van der Waals surface area contributed by atoms with Gasteiger partial charge < -0.3 is 15.1 Å². The third-order valence-corrected chi connectivity index (χ3v) is 5.22. The number of anilines is 3. The van der Waals surface area contributed by atoms with Gasteiger partial charge in [-0.3, -0.25) is 14.6 Å². The molecule has 0 aliphatic carbocycles. The zero-order chi connectivity index (χ0) is 20.2. The average Bonchev–Trinajstić information content (AvgIpc) is 3.27. The Hall–Kier alpha value is -3.41. The summed E-state index contributed by atoms with van der Waals surface area (Å²) in [5, 5.41) is 3.84. The number of nitrogens with zero attached hydrogens (tertiary/aromatic N) is 3. The van der Waals surface area contributed by atoms with Crippen LogP contribution in [-0.2, 0) is 9.59 Å². The van der Waals surface area contributed by atoms with Crippen molar-refractivity contribution in [1.29, 1.82) is 0 Å². The van der Waals surface area contributed by atoms with E-state index in [1.165, 1.54) is 24.7 Å². The lowest BCUT2D eigenvalue weighted by Crippen LogP contribution is -2.36. The molecule has 6 nitrogen and oxygen atoms in total. The smallest absolute Gasteiger partial charge is 0.244 e. The quantitative estimate of drug-likeness (QED) is 0.722. The minimum atomic E-state index is -0.262. The van der Waals surface area contributed by atoms with E-state index in [1.807, 2.05) is 54.6 Å². The van der Waals surface area contributed by atoms with Crippen molar-refractivity contribution >= 4 is 39.8 Å². The van der Waals surface area contributed by atoms with E-state index in [2.05, 4.69) is 15.2 Å². The second kappa shape index (κ2) is 8.31. The van der Waals surface area contributed by atoms with Gasteiger partial charge in [0.25, 0.3) is 0 Å². The van der Waals surface area contributed by atoms with Crippen LogP contribution >= 0.6 is 0 Å². The maximum Gasteiger partial charge on any atom is 0.244 e. The Bertz CT molecular complexity index is 1020. The van der Waals surface area contributed by atoms with E-state index in [0.717, 1.165) is 29.7 Å². The predicted octanol–water partition coefficient (Wildman–Crippen LogP) is 3.83. The topological polar surface area (TPSA) is 65.5 Å². The summed E-state index contributed by atoms with van der Waals surface area (Å²) in [4.78, 5) is 33.1. The molecule has 0 bridgehead atoms. The molecular weight excluding hydrogens is 364 g/mol. The number of para-hydroxylation sites is 1. The number of carbonyl (C=O) groups excluding carboxylic acids is 2. The number of fused-ring (bicyclic) bond motifs is 1. The third kappa shape index (κ3) is 4.21. The van der Waals surface area contributed by atoms with Crippen LogP contribution in [0.2, 0.25) is 0 Å². The Balaban J connectivity index is 1.49. The molecule has 0 spiro atoms. The summed E-state index contributed by atoms with van der Waals surface area (Å²) < 4.78 is 0. The number of benzene rings is 2. The Kier molecular flexibility index (Phi) is 5.42. The summed E-state index contributed by atoms with van der Waals surface area (Å²) in [7, 11) is 0. The third-order valence-electron chi connectivity index (χ3n) is 5.22. The summed E-state index contributed by atoms with van der Waals surface area (Å²) in [5.74, 6) is -0.438. The van der Waals surface area contributed by atoms with E-state index in [4.69, 9.17) is 0 Å². The van der Waals surface area contributed by atoms with Crippen LogP contribution in [-0.4, -0.2) is 36.4 Å². The maximum absolute atomic E-state index is 12.7. The van der Waals surface area contributed by atoms with Crippen LogP contribution in [0, 0.1) is 0 Å². The van der Waals surface area contributed by atoms with Gasteiger partial charge in [0.05, 0.1) is 11.2 Å². The van der Waals surface area contributed by atoms with Crippen molar-refractivity contribution in [2.75, 3.05) is 34.8 Å². The van der Waals surface area contributed by atoms with Crippen LogP contribution in [0.5, 0.6) is 0 Å². The van der Waals surface area contributed by atoms with Gasteiger partial charge in [-0.15, -0.1) is 0 Å². The lowest BCUT2D eigenvalue weighted by atomic mass is 10.2. The van der Waals surface area contributed by atoms with E-state index < -0.39 is 0 Å². The van der Waals surface area contributed by atoms with Gasteiger partial charge in [-0.05, 0) is 49.2 Å². The van der Waals surface area contributed by atoms with Gasteiger partial charge in [-0.25, -0.2) is 0 Å². The highest BCUT2D eigenvalue weighted by Crippen LogP contribution is 2.25. The van der Waals surface area contributed by atoms with E-state index >= 15 is 0 Å². The highest BCUT2D eigenvalue weighted by molar-refractivity contribution is 6.05. The van der Waals surface area contributed by atoms with Crippen LogP contribution < -0.4 is 15.1 Å². The molecule has 148 valence electrons. The summed E-state index contributed by atoms with van der Waals surface area (Å²) in [6, 6.07) is 17.3. The monoisotopic (exact) mass is 388 g/mol. The first kappa shape index (κ1) is 18.9. The van der Waals surface area contributed by atoms with Crippen molar-refractivity contribution in [3.8, 4) is 0 Å². The first-order valence-electron chi connectivity index (χ1n) is 9.88. The fourth-order valence-electron chi connectivity index (χ4n) is 3.74. The van der Waals surface area contributed by atoms with Crippen LogP contribution in [0.25, 0.3) is 10.9 Å². The van der Waals surface area contributed by atoms with Gasteiger partial charge in [0.1, 0.15) is 6.54 Å². The van der Waals surface area contributed by atoms with Crippen LogP contribution in [0.3, 0.4) is 0 Å². The molecule has 29 heavy (non-hydrogen) atoms. The van der Waals surface area contributed by atoms with Crippen LogP contribution in [0.15, 0.2) is 60.8 Å². The number of hydrogen-bond acceptors (Lipinski definition) is 4. The van der Waals surface area contributed by atoms with Crippen molar-refractivity contribution in [2.24, 2.45) is 0 Å². The molecule has 0 saturated carbocycles. The Morgan fingerprint density at radius 2 is 1.76 bits per heavy atom. The summed E-state index contributed by atoms with van der Waals surface area (Å²) in [6.45, 7) is 3.55. The number of carbonyl (C=O) groups is 2. The average molecular weight is 388 g/mol. The first-order chi connectivity index (χ1) is 14.1. The van der Waals surface area contributed by atoms with E-state index in [-0.39, 0.29) is 18.4 Å². The molecule has 2 heterocycles.